The smallest absolute Gasteiger partial charge is 0.251 e. The first kappa shape index (κ1) is 12.6. The molecule has 4 nitrogen and oxygen atoms in total. The lowest BCUT2D eigenvalue weighted by Crippen LogP contribution is -2.72. The standard InChI is InChI=1S/C14H17FN2O2/c15-9-5-3-8(4-6-9)14(18)17-12-11(16)10-2-1-7-19-13(10)12/h3-6,10-13H,1-2,7,16H2,(H,17,18). The van der Waals surface area contributed by atoms with Crippen LogP contribution in [0.3, 0.4) is 0 Å². The highest BCUT2D eigenvalue weighted by Gasteiger charge is 2.51. The van der Waals surface area contributed by atoms with E-state index in [2.05, 4.69) is 5.32 Å². The molecular weight excluding hydrogens is 247 g/mol. The molecule has 0 radical (unpaired) electrons. The van der Waals surface area contributed by atoms with Crippen molar-refractivity contribution in [1.29, 1.82) is 0 Å². The van der Waals surface area contributed by atoms with Gasteiger partial charge in [-0.15, -0.1) is 0 Å². The molecule has 1 aromatic rings. The van der Waals surface area contributed by atoms with Crippen LogP contribution < -0.4 is 11.1 Å². The van der Waals surface area contributed by atoms with Gasteiger partial charge in [-0.05, 0) is 37.1 Å². The van der Waals surface area contributed by atoms with Crippen molar-refractivity contribution >= 4 is 5.91 Å². The normalized spacial score (nSPS) is 33.2. The van der Waals surface area contributed by atoms with Crippen molar-refractivity contribution in [2.75, 3.05) is 6.61 Å². The zero-order valence-corrected chi connectivity index (χ0v) is 10.5. The van der Waals surface area contributed by atoms with E-state index in [1.54, 1.807) is 0 Å². The molecule has 1 saturated carbocycles. The molecule has 4 atom stereocenters. The Morgan fingerprint density at radius 3 is 2.84 bits per heavy atom. The Bertz CT molecular complexity index is 477. The molecule has 1 aliphatic heterocycles. The Kier molecular flexibility index (Phi) is 3.24. The Morgan fingerprint density at radius 2 is 2.11 bits per heavy atom. The molecule has 19 heavy (non-hydrogen) atoms. The summed E-state index contributed by atoms with van der Waals surface area (Å²) in [7, 11) is 0. The van der Waals surface area contributed by atoms with E-state index in [9.17, 15) is 9.18 Å². The summed E-state index contributed by atoms with van der Waals surface area (Å²) in [4.78, 5) is 12.0. The second kappa shape index (κ2) is 4.90. The Hall–Kier alpha value is -1.46. The maximum atomic E-state index is 12.8. The summed E-state index contributed by atoms with van der Waals surface area (Å²) in [6, 6.07) is 5.30. The highest BCUT2D eigenvalue weighted by atomic mass is 19.1. The van der Waals surface area contributed by atoms with E-state index in [1.807, 2.05) is 0 Å². The van der Waals surface area contributed by atoms with Crippen LogP contribution in [-0.4, -0.2) is 30.7 Å². The van der Waals surface area contributed by atoms with Crippen LogP contribution in [-0.2, 0) is 4.74 Å². The number of amides is 1. The van der Waals surface area contributed by atoms with Crippen molar-refractivity contribution < 1.29 is 13.9 Å². The lowest BCUT2D eigenvalue weighted by molar-refractivity contribution is -0.117. The highest BCUT2D eigenvalue weighted by molar-refractivity contribution is 5.94. The summed E-state index contributed by atoms with van der Waals surface area (Å²) in [5.41, 5.74) is 6.51. The summed E-state index contributed by atoms with van der Waals surface area (Å²) in [5.74, 6) is -0.229. The Morgan fingerprint density at radius 1 is 1.37 bits per heavy atom. The second-order valence-corrected chi connectivity index (χ2v) is 5.22. The number of hydrogen-bond donors (Lipinski definition) is 2. The molecule has 0 bridgehead atoms. The number of nitrogens with two attached hydrogens (primary N) is 1. The van der Waals surface area contributed by atoms with Crippen molar-refractivity contribution in [3.63, 3.8) is 0 Å². The number of fused-ring (bicyclic) bond motifs is 1. The molecule has 1 saturated heterocycles. The van der Waals surface area contributed by atoms with Gasteiger partial charge in [0.25, 0.3) is 5.91 Å². The summed E-state index contributed by atoms with van der Waals surface area (Å²) in [6.07, 6.45) is 2.13. The van der Waals surface area contributed by atoms with Crippen molar-refractivity contribution in [1.82, 2.24) is 5.32 Å². The van der Waals surface area contributed by atoms with Gasteiger partial charge < -0.3 is 15.8 Å². The molecule has 0 aromatic heterocycles. The number of carbonyl (C=O) groups excluding carboxylic acids is 1. The van der Waals surface area contributed by atoms with E-state index in [4.69, 9.17) is 10.5 Å². The molecular formula is C14H17FN2O2. The number of halogens is 1. The number of rotatable bonds is 2. The zero-order chi connectivity index (χ0) is 13.4. The van der Waals surface area contributed by atoms with Gasteiger partial charge in [0.1, 0.15) is 5.82 Å². The van der Waals surface area contributed by atoms with E-state index < -0.39 is 0 Å². The van der Waals surface area contributed by atoms with Crippen LogP contribution >= 0.6 is 0 Å². The van der Waals surface area contributed by atoms with Crippen molar-refractivity contribution in [3.8, 4) is 0 Å². The van der Waals surface area contributed by atoms with Gasteiger partial charge in [0.05, 0.1) is 12.1 Å². The molecule has 102 valence electrons. The number of ether oxygens (including phenoxy) is 1. The van der Waals surface area contributed by atoms with Crippen molar-refractivity contribution in [2.45, 2.75) is 31.0 Å². The molecule has 1 aliphatic carbocycles. The van der Waals surface area contributed by atoms with Crippen molar-refractivity contribution in [3.05, 3.63) is 35.6 Å². The number of benzene rings is 1. The molecule has 5 heteroatoms. The minimum atomic E-state index is -0.354. The maximum Gasteiger partial charge on any atom is 0.251 e. The SMILES string of the molecule is NC1C2CCCOC2C1NC(=O)c1ccc(F)cc1. The van der Waals surface area contributed by atoms with Gasteiger partial charge in [0.2, 0.25) is 0 Å². The second-order valence-electron chi connectivity index (χ2n) is 5.22. The molecule has 1 amide bonds. The van der Waals surface area contributed by atoms with Crippen LogP contribution in [0.2, 0.25) is 0 Å². The van der Waals surface area contributed by atoms with Gasteiger partial charge in [-0.25, -0.2) is 4.39 Å². The minimum Gasteiger partial charge on any atom is -0.376 e. The first-order chi connectivity index (χ1) is 9.16. The summed E-state index contributed by atoms with van der Waals surface area (Å²) in [5, 5.41) is 2.89. The van der Waals surface area contributed by atoms with Crippen molar-refractivity contribution in [2.24, 2.45) is 11.7 Å². The van der Waals surface area contributed by atoms with Gasteiger partial charge in [-0.2, -0.15) is 0 Å². The average molecular weight is 264 g/mol. The molecule has 2 fully saturated rings. The van der Waals surface area contributed by atoms with E-state index in [0.717, 1.165) is 19.4 Å². The summed E-state index contributed by atoms with van der Waals surface area (Å²) in [6.45, 7) is 0.733. The predicted octanol–water partition coefficient (Wildman–Crippen LogP) is 1.06. The monoisotopic (exact) mass is 264 g/mol. The molecule has 1 aromatic carbocycles. The van der Waals surface area contributed by atoms with Crippen LogP contribution in [0.25, 0.3) is 0 Å². The fourth-order valence-electron chi connectivity index (χ4n) is 2.96. The van der Waals surface area contributed by atoms with Gasteiger partial charge in [-0.3, -0.25) is 4.79 Å². The average Bonchev–Trinajstić information content (AvgIpc) is 2.45. The number of nitrogens with one attached hydrogen (secondary N) is 1. The van der Waals surface area contributed by atoms with Crippen LogP contribution in [0.15, 0.2) is 24.3 Å². The van der Waals surface area contributed by atoms with Gasteiger partial charge >= 0.3 is 0 Å². The van der Waals surface area contributed by atoms with Crippen LogP contribution in [0.5, 0.6) is 0 Å². The summed E-state index contributed by atoms with van der Waals surface area (Å²) >= 11 is 0. The van der Waals surface area contributed by atoms with Crippen LogP contribution in [0.1, 0.15) is 23.2 Å². The number of carbonyl (C=O) groups is 1. The summed E-state index contributed by atoms with van der Waals surface area (Å²) < 4.78 is 18.5. The van der Waals surface area contributed by atoms with E-state index in [-0.39, 0.29) is 29.9 Å². The topological polar surface area (TPSA) is 64.3 Å². The third-order valence-corrected chi connectivity index (χ3v) is 4.08. The first-order valence-electron chi connectivity index (χ1n) is 6.60. The Labute approximate surface area is 111 Å². The Balaban J connectivity index is 1.65. The zero-order valence-electron chi connectivity index (χ0n) is 10.5. The molecule has 0 spiro atoms. The molecule has 3 N–H and O–H groups in total. The maximum absolute atomic E-state index is 12.8. The molecule has 1 heterocycles. The van der Waals surface area contributed by atoms with Crippen LogP contribution in [0, 0.1) is 11.7 Å². The molecule has 2 aliphatic rings. The third-order valence-electron chi connectivity index (χ3n) is 4.08. The van der Waals surface area contributed by atoms with E-state index in [1.165, 1.54) is 24.3 Å². The van der Waals surface area contributed by atoms with E-state index in [0.29, 0.717) is 11.5 Å². The van der Waals surface area contributed by atoms with Gasteiger partial charge in [-0.1, -0.05) is 0 Å². The minimum absolute atomic E-state index is 0.0353. The van der Waals surface area contributed by atoms with E-state index >= 15 is 0 Å². The lowest BCUT2D eigenvalue weighted by Gasteiger charge is -2.52. The van der Waals surface area contributed by atoms with Gasteiger partial charge in [0, 0.05) is 24.1 Å². The predicted molar refractivity (Wildman–Crippen MR) is 68.1 cm³/mol. The number of hydrogen-bond acceptors (Lipinski definition) is 3. The molecule has 4 unspecified atom stereocenters. The third kappa shape index (κ3) is 2.24. The lowest BCUT2D eigenvalue weighted by atomic mass is 9.68. The quantitative estimate of drug-likeness (QED) is 0.839. The first-order valence-corrected chi connectivity index (χ1v) is 6.60. The molecule has 3 rings (SSSR count). The fraction of sp³-hybridized carbons (Fsp3) is 0.500. The van der Waals surface area contributed by atoms with Gasteiger partial charge in [0.15, 0.2) is 0 Å². The highest BCUT2D eigenvalue weighted by Crippen LogP contribution is 2.37. The largest absolute Gasteiger partial charge is 0.376 e. The van der Waals surface area contributed by atoms with Crippen LogP contribution in [0.4, 0.5) is 4.39 Å². The fourth-order valence-corrected chi connectivity index (χ4v) is 2.96.